The van der Waals surface area contributed by atoms with Gasteiger partial charge in [0.15, 0.2) is 5.69 Å². The molecule has 3 heterocycles. The SMILES string of the molecule is CC1(CN)CCN(C(=O)c2cc(-c3cccs3)[nH]n2)C1.Cl. The number of hydrogen-bond acceptors (Lipinski definition) is 4. The second-order valence-electron chi connectivity index (χ2n) is 5.64. The summed E-state index contributed by atoms with van der Waals surface area (Å²) in [5.74, 6) is -0.0127. The molecule has 2 aromatic heterocycles. The van der Waals surface area contributed by atoms with Gasteiger partial charge in [-0.2, -0.15) is 5.10 Å². The molecule has 0 bridgehead atoms. The van der Waals surface area contributed by atoms with E-state index in [4.69, 9.17) is 5.73 Å². The first-order chi connectivity index (χ1) is 9.61. The van der Waals surface area contributed by atoms with E-state index in [2.05, 4.69) is 17.1 Å². The van der Waals surface area contributed by atoms with Gasteiger partial charge in [0.25, 0.3) is 5.91 Å². The molecule has 3 rings (SSSR count). The number of nitrogens with one attached hydrogen (secondary N) is 1. The van der Waals surface area contributed by atoms with Crippen molar-refractivity contribution in [2.75, 3.05) is 19.6 Å². The lowest BCUT2D eigenvalue weighted by molar-refractivity contribution is 0.0771. The Morgan fingerprint density at radius 2 is 2.43 bits per heavy atom. The van der Waals surface area contributed by atoms with Gasteiger partial charge in [-0.1, -0.05) is 13.0 Å². The number of aromatic amines is 1. The Labute approximate surface area is 133 Å². The maximum atomic E-state index is 12.4. The summed E-state index contributed by atoms with van der Waals surface area (Å²) in [6, 6.07) is 5.82. The summed E-state index contributed by atoms with van der Waals surface area (Å²) in [4.78, 5) is 15.4. The summed E-state index contributed by atoms with van der Waals surface area (Å²) in [6.07, 6.45) is 0.956. The largest absolute Gasteiger partial charge is 0.337 e. The Hall–Kier alpha value is -1.37. The Morgan fingerprint density at radius 3 is 3.05 bits per heavy atom. The molecule has 1 amide bonds. The third-order valence-electron chi connectivity index (χ3n) is 3.92. The van der Waals surface area contributed by atoms with Gasteiger partial charge in [0.05, 0.1) is 10.6 Å². The lowest BCUT2D eigenvalue weighted by atomic mass is 9.90. The van der Waals surface area contributed by atoms with Gasteiger partial charge in [-0.05, 0) is 35.9 Å². The molecule has 1 aliphatic rings. The van der Waals surface area contributed by atoms with Crippen LogP contribution in [0.1, 0.15) is 23.8 Å². The van der Waals surface area contributed by atoms with E-state index in [0.29, 0.717) is 18.8 Å². The van der Waals surface area contributed by atoms with Crippen LogP contribution in [0.2, 0.25) is 0 Å². The van der Waals surface area contributed by atoms with E-state index >= 15 is 0 Å². The van der Waals surface area contributed by atoms with E-state index in [1.54, 1.807) is 11.3 Å². The number of nitrogens with two attached hydrogens (primary N) is 1. The molecule has 21 heavy (non-hydrogen) atoms. The van der Waals surface area contributed by atoms with Crippen LogP contribution in [0, 0.1) is 5.41 Å². The zero-order valence-electron chi connectivity index (χ0n) is 11.8. The third-order valence-corrected chi connectivity index (χ3v) is 4.82. The molecule has 1 saturated heterocycles. The molecule has 1 unspecified atom stereocenters. The smallest absolute Gasteiger partial charge is 0.274 e. The molecular weight excluding hydrogens is 308 g/mol. The van der Waals surface area contributed by atoms with Gasteiger partial charge in [-0.15, -0.1) is 23.7 Å². The fourth-order valence-corrected chi connectivity index (χ4v) is 3.21. The van der Waals surface area contributed by atoms with Gasteiger partial charge >= 0.3 is 0 Å². The maximum absolute atomic E-state index is 12.4. The van der Waals surface area contributed by atoms with Crippen LogP contribution >= 0.6 is 23.7 Å². The first kappa shape index (κ1) is 16.0. The number of likely N-dealkylation sites (tertiary alicyclic amines) is 1. The summed E-state index contributed by atoms with van der Waals surface area (Å²) in [5, 5.41) is 9.09. The molecule has 1 fully saturated rings. The van der Waals surface area contributed by atoms with E-state index in [-0.39, 0.29) is 23.7 Å². The highest BCUT2D eigenvalue weighted by atomic mass is 35.5. The molecule has 7 heteroatoms. The highest BCUT2D eigenvalue weighted by Gasteiger charge is 2.35. The van der Waals surface area contributed by atoms with Crippen molar-refractivity contribution in [3.05, 3.63) is 29.3 Å². The lowest BCUT2D eigenvalue weighted by Gasteiger charge is -2.21. The minimum absolute atomic E-state index is 0. The Kier molecular flexibility index (Phi) is 4.70. The van der Waals surface area contributed by atoms with Gasteiger partial charge < -0.3 is 10.6 Å². The topological polar surface area (TPSA) is 75.0 Å². The highest BCUT2D eigenvalue weighted by molar-refractivity contribution is 7.13. The predicted octanol–water partition coefficient (Wildman–Crippen LogP) is 2.37. The number of carbonyl (C=O) groups is 1. The van der Waals surface area contributed by atoms with Gasteiger partial charge in [-0.3, -0.25) is 9.89 Å². The molecule has 0 aromatic carbocycles. The highest BCUT2D eigenvalue weighted by Crippen LogP contribution is 2.30. The first-order valence-electron chi connectivity index (χ1n) is 6.70. The maximum Gasteiger partial charge on any atom is 0.274 e. The fourth-order valence-electron chi connectivity index (χ4n) is 2.52. The molecule has 5 nitrogen and oxygen atoms in total. The van der Waals surface area contributed by atoms with E-state index in [1.807, 2.05) is 28.5 Å². The van der Waals surface area contributed by atoms with Crippen molar-refractivity contribution in [1.29, 1.82) is 0 Å². The van der Waals surface area contributed by atoms with Gasteiger partial charge in [0.1, 0.15) is 0 Å². The summed E-state index contributed by atoms with van der Waals surface area (Å²) < 4.78 is 0. The fraction of sp³-hybridized carbons (Fsp3) is 0.429. The molecule has 3 N–H and O–H groups in total. The van der Waals surface area contributed by atoms with Crippen molar-refractivity contribution in [3.8, 4) is 10.6 Å². The molecule has 114 valence electrons. The third kappa shape index (κ3) is 3.12. The van der Waals surface area contributed by atoms with Crippen LogP contribution in [-0.2, 0) is 0 Å². The molecule has 0 spiro atoms. The van der Waals surface area contributed by atoms with E-state index < -0.39 is 0 Å². The molecule has 0 radical (unpaired) electrons. The number of nitrogens with zero attached hydrogens (tertiary/aromatic N) is 2. The summed E-state index contributed by atoms with van der Waals surface area (Å²) in [6.45, 7) is 4.21. The Balaban J connectivity index is 0.00000161. The van der Waals surface area contributed by atoms with Crippen molar-refractivity contribution < 1.29 is 4.79 Å². The quantitative estimate of drug-likeness (QED) is 0.909. The van der Waals surface area contributed by atoms with Crippen LogP contribution in [-0.4, -0.2) is 40.6 Å². The number of carbonyl (C=O) groups excluding carboxylic acids is 1. The Morgan fingerprint density at radius 1 is 1.62 bits per heavy atom. The number of hydrogen-bond donors (Lipinski definition) is 2. The van der Waals surface area contributed by atoms with Crippen LogP contribution < -0.4 is 5.73 Å². The number of thiophene rings is 1. The van der Waals surface area contributed by atoms with Crippen molar-refractivity contribution in [3.63, 3.8) is 0 Å². The monoisotopic (exact) mass is 326 g/mol. The lowest BCUT2D eigenvalue weighted by Crippen LogP contribution is -2.34. The standard InChI is InChI=1S/C14H18N4OS.ClH/c1-14(8-15)4-5-18(9-14)13(19)11-7-10(16-17-11)12-3-2-6-20-12;/h2-3,6-7H,4-5,8-9,15H2,1H3,(H,16,17);1H. The second kappa shape index (κ2) is 6.17. The van der Waals surface area contributed by atoms with Crippen molar-refractivity contribution in [1.82, 2.24) is 15.1 Å². The van der Waals surface area contributed by atoms with E-state index in [9.17, 15) is 4.79 Å². The average Bonchev–Trinajstić information content (AvgIpc) is 3.18. The first-order valence-corrected chi connectivity index (χ1v) is 7.58. The van der Waals surface area contributed by atoms with Crippen LogP contribution in [0.5, 0.6) is 0 Å². The van der Waals surface area contributed by atoms with Crippen LogP contribution in [0.25, 0.3) is 10.6 Å². The summed E-state index contributed by atoms with van der Waals surface area (Å²) >= 11 is 1.62. The number of aromatic nitrogens is 2. The van der Waals surface area contributed by atoms with Crippen LogP contribution in [0.15, 0.2) is 23.6 Å². The van der Waals surface area contributed by atoms with E-state index in [0.717, 1.165) is 23.5 Å². The van der Waals surface area contributed by atoms with Gasteiger partial charge in [0, 0.05) is 13.1 Å². The molecule has 0 saturated carbocycles. The zero-order valence-corrected chi connectivity index (χ0v) is 13.5. The van der Waals surface area contributed by atoms with E-state index in [1.165, 1.54) is 0 Å². The Bertz CT molecular complexity index is 612. The van der Waals surface area contributed by atoms with Gasteiger partial charge in [-0.25, -0.2) is 0 Å². The van der Waals surface area contributed by atoms with Crippen LogP contribution in [0.4, 0.5) is 0 Å². The summed E-state index contributed by atoms with van der Waals surface area (Å²) in [5.41, 5.74) is 7.20. The summed E-state index contributed by atoms with van der Waals surface area (Å²) in [7, 11) is 0. The zero-order chi connectivity index (χ0) is 14.2. The minimum Gasteiger partial charge on any atom is -0.337 e. The molecule has 1 aliphatic heterocycles. The number of amides is 1. The molecule has 0 aliphatic carbocycles. The normalized spacial score (nSPS) is 21.3. The average molecular weight is 327 g/mol. The molecule has 1 atom stereocenters. The molecule has 2 aromatic rings. The minimum atomic E-state index is -0.0127. The van der Waals surface area contributed by atoms with Crippen molar-refractivity contribution >= 4 is 29.7 Å². The molecular formula is C14H19ClN4OS. The number of halogens is 1. The van der Waals surface area contributed by atoms with Crippen molar-refractivity contribution in [2.24, 2.45) is 11.1 Å². The van der Waals surface area contributed by atoms with Gasteiger partial charge in [0.2, 0.25) is 0 Å². The number of H-pyrrole nitrogens is 1. The van der Waals surface area contributed by atoms with Crippen LogP contribution in [0.3, 0.4) is 0 Å². The number of rotatable bonds is 3. The van der Waals surface area contributed by atoms with Crippen molar-refractivity contribution in [2.45, 2.75) is 13.3 Å². The second-order valence-corrected chi connectivity index (χ2v) is 6.58. The predicted molar refractivity (Wildman–Crippen MR) is 86.8 cm³/mol.